The summed E-state index contributed by atoms with van der Waals surface area (Å²) < 4.78 is 11.6. The lowest BCUT2D eigenvalue weighted by Crippen LogP contribution is -2.24. The SMILES string of the molecule is CNCC(O)c1ccc(OC(CN(C)C)c2ccc(O)c(O)c2)c(OC)c1. The van der Waals surface area contributed by atoms with Crippen LogP contribution >= 0.6 is 0 Å². The van der Waals surface area contributed by atoms with Crippen LogP contribution in [0.4, 0.5) is 0 Å². The summed E-state index contributed by atoms with van der Waals surface area (Å²) in [4.78, 5) is 1.96. The molecule has 148 valence electrons. The van der Waals surface area contributed by atoms with Crippen LogP contribution in [0.5, 0.6) is 23.0 Å². The molecular weight excluding hydrogens is 348 g/mol. The number of hydrogen-bond donors (Lipinski definition) is 4. The van der Waals surface area contributed by atoms with E-state index < -0.39 is 12.2 Å². The van der Waals surface area contributed by atoms with Gasteiger partial charge < -0.3 is 35.0 Å². The topological polar surface area (TPSA) is 94.4 Å². The molecule has 0 amide bonds. The summed E-state index contributed by atoms with van der Waals surface area (Å²) >= 11 is 0. The Balaban J connectivity index is 2.32. The minimum absolute atomic E-state index is 0.178. The Morgan fingerprint density at radius 1 is 1.00 bits per heavy atom. The molecule has 2 unspecified atom stereocenters. The monoisotopic (exact) mass is 376 g/mol. The van der Waals surface area contributed by atoms with Gasteiger partial charge in [-0.2, -0.15) is 0 Å². The van der Waals surface area contributed by atoms with Gasteiger partial charge in [0.2, 0.25) is 0 Å². The highest BCUT2D eigenvalue weighted by Crippen LogP contribution is 2.35. The van der Waals surface area contributed by atoms with Crippen LogP contribution in [-0.4, -0.2) is 61.6 Å². The number of hydrogen-bond acceptors (Lipinski definition) is 7. The second kappa shape index (κ2) is 9.45. The predicted octanol–water partition coefficient (Wildman–Crippen LogP) is 2.04. The summed E-state index contributed by atoms with van der Waals surface area (Å²) in [6.45, 7) is 0.983. The van der Waals surface area contributed by atoms with E-state index in [4.69, 9.17) is 9.47 Å². The van der Waals surface area contributed by atoms with Crippen LogP contribution in [0.25, 0.3) is 0 Å². The minimum atomic E-state index is -0.649. The minimum Gasteiger partial charge on any atom is -0.504 e. The Kier molecular flexibility index (Phi) is 7.29. The van der Waals surface area contributed by atoms with Crippen LogP contribution in [0.3, 0.4) is 0 Å². The third-order valence-corrected chi connectivity index (χ3v) is 4.14. The van der Waals surface area contributed by atoms with Crippen molar-refractivity contribution in [3.8, 4) is 23.0 Å². The Morgan fingerprint density at radius 3 is 2.30 bits per heavy atom. The number of phenolic OH excluding ortho intramolecular Hbond substituents is 2. The fourth-order valence-corrected chi connectivity index (χ4v) is 2.74. The summed E-state index contributed by atoms with van der Waals surface area (Å²) in [5, 5.41) is 32.5. The molecule has 7 heteroatoms. The Labute approximate surface area is 159 Å². The van der Waals surface area contributed by atoms with Crippen molar-refractivity contribution in [1.82, 2.24) is 10.2 Å². The van der Waals surface area contributed by atoms with Crippen molar-refractivity contribution in [3.05, 3.63) is 47.5 Å². The molecule has 2 atom stereocenters. The van der Waals surface area contributed by atoms with Gasteiger partial charge in [0.05, 0.1) is 13.2 Å². The largest absolute Gasteiger partial charge is 0.504 e. The number of aromatic hydroxyl groups is 2. The molecule has 0 radical (unpaired) electrons. The maximum Gasteiger partial charge on any atom is 0.162 e. The van der Waals surface area contributed by atoms with E-state index in [1.807, 2.05) is 19.0 Å². The van der Waals surface area contributed by atoms with Crippen molar-refractivity contribution < 1.29 is 24.8 Å². The Hall–Kier alpha value is -2.48. The summed E-state index contributed by atoms with van der Waals surface area (Å²) in [7, 11) is 7.16. The first-order valence-corrected chi connectivity index (χ1v) is 8.69. The molecule has 0 aliphatic carbocycles. The van der Waals surface area contributed by atoms with Crippen LogP contribution in [-0.2, 0) is 0 Å². The highest BCUT2D eigenvalue weighted by molar-refractivity contribution is 5.45. The Morgan fingerprint density at radius 2 is 1.70 bits per heavy atom. The maximum atomic E-state index is 10.1. The number of likely N-dealkylation sites (N-methyl/N-ethyl adjacent to an activating group) is 2. The highest BCUT2D eigenvalue weighted by Gasteiger charge is 2.19. The third kappa shape index (κ3) is 5.50. The average molecular weight is 376 g/mol. The molecule has 0 saturated heterocycles. The van der Waals surface area contributed by atoms with Crippen LogP contribution < -0.4 is 14.8 Å². The van der Waals surface area contributed by atoms with Crippen LogP contribution in [0, 0.1) is 0 Å². The molecule has 0 bridgehead atoms. The lowest BCUT2D eigenvalue weighted by molar-refractivity contribution is 0.155. The number of methoxy groups -OCH3 is 1. The highest BCUT2D eigenvalue weighted by atomic mass is 16.5. The molecule has 0 aliphatic rings. The zero-order chi connectivity index (χ0) is 20.0. The van der Waals surface area contributed by atoms with Crippen LogP contribution in [0.1, 0.15) is 23.3 Å². The second-order valence-electron chi connectivity index (χ2n) is 6.60. The zero-order valence-corrected chi connectivity index (χ0v) is 16.1. The summed E-state index contributed by atoms with van der Waals surface area (Å²) in [6, 6.07) is 9.93. The molecule has 2 aromatic carbocycles. The summed E-state index contributed by atoms with van der Waals surface area (Å²) in [5.41, 5.74) is 1.44. The molecular formula is C20H28N2O5. The molecule has 0 heterocycles. The molecule has 7 nitrogen and oxygen atoms in total. The summed E-state index contributed by atoms with van der Waals surface area (Å²) in [5.74, 6) is 0.659. The van der Waals surface area contributed by atoms with Gasteiger partial charge in [-0.1, -0.05) is 12.1 Å². The van der Waals surface area contributed by atoms with E-state index in [2.05, 4.69) is 5.32 Å². The number of benzene rings is 2. The third-order valence-electron chi connectivity index (χ3n) is 4.14. The van der Waals surface area contributed by atoms with Gasteiger partial charge in [-0.25, -0.2) is 0 Å². The molecule has 2 rings (SSSR count). The zero-order valence-electron chi connectivity index (χ0n) is 16.1. The van der Waals surface area contributed by atoms with Crippen LogP contribution in [0.15, 0.2) is 36.4 Å². The quantitative estimate of drug-likeness (QED) is 0.498. The van der Waals surface area contributed by atoms with E-state index in [1.54, 1.807) is 38.4 Å². The van der Waals surface area contributed by atoms with E-state index in [9.17, 15) is 15.3 Å². The smallest absolute Gasteiger partial charge is 0.162 e. The lowest BCUT2D eigenvalue weighted by Gasteiger charge is -2.24. The molecule has 4 N–H and O–H groups in total. The number of rotatable bonds is 9. The number of aliphatic hydroxyl groups excluding tert-OH is 1. The van der Waals surface area contributed by atoms with Crippen molar-refractivity contribution in [2.45, 2.75) is 12.2 Å². The van der Waals surface area contributed by atoms with E-state index in [0.29, 0.717) is 24.6 Å². The predicted molar refractivity (Wildman–Crippen MR) is 104 cm³/mol. The van der Waals surface area contributed by atoms with Gasteiger partial charge in [0.25, 0.3) is 0 Å². The molecule has 27 heavy (non-hydrogen) atoms. The maximum absolute atomic E-state index is 10.1. The molecule has 0 saturated carbocycles. The fourth-order valence-electron chi connectivity index (χ4n) is 2.74. The molecule has 0 spiro atoms. The van der Waals surface area contributed by atoms with E-state index in [-0.39, 0.29) is 11.5 Å². The lowest BCUT2D eigenvalue weighted by atomic mass is 10.1. The molecule has 0 aliphatic heterocycles. The molecule has 0 fully saturated rings. The second-order valence-corrected chi connectivity index (χ2v) is 6.60. The van der Waals surface area contributed by atoms with E-state index in [1.165, 1.54) is 12.1 Å². The first kappa shape index (κ1) is 20.8. The number of ether oxygens (including phenoxy) is 2. The number of nitrogens with zero attached hydrogens (tertiary/aromatic N) is 1. The standard InChI is InChI=1S/C20H28N2O5/c1-21-11-17(25)13-6-8-18(19(10-13)26-4)27-20(12-22(2)3)14-5-7-15(23)16(24)9-14/h5-10,17,20-21,23-25H,11-12H2,1-4H3. The van der Waals surface area contributed by atoms with Crippen molar-refractivity contribution in [1.29, 1.82) is 0 Å². The Bertz CT molecular complexity index is 751. The number of phenols is 2. The molecule has 0 aromatic heterocycles. The van der Waals surface area contributed by atoms with Crippen molar-refractivity contribution in [3.63, 3.8) is 0 Å². The number of aliphatic hydroxyl groups is 1. The molecule has 2 aromatic rings. The van der Waals surface area contributed by atoms with Gasteiger partial charge in [-0.3, -0.25) is 0 Å². The van der Waals surface area contributed by atoms with Crippen molar-refractivity contribution in [2.24, 2.45) is 0 Å². The van der Waals surface area contributed by atoms with E-state index in [0.717, 1.165) is 11.1 Å². The van der Waals surface area contributed by atoms with Gasteiger partial charge in [-0.05, 0) is 56.5 Å². The van der Waals surface area contributed by atoms with E-state index >= 15 is 0 Å². The van der Waals surface area contributed by atoms with Gasteiger partial charge in [0.15, 0.2) is 23.0 Å². The number of nitrogens with one attached hydrogen (secondary N) is 1. The first-order chi connectivity index (χ1) is 12.8. The average Bonchev–Trinajstić information content (AvgIpc) is 2.63. The van der Waals surface area contributed by atoms with Gasteiger partial charge in [-0.15, -0.1) is 0 Å². The normalized spacial score (nSPS) is 13.4. The van der Waals surface area contributed by atoms with Crippen LogP contribution in [0.2, 0.25) is 0 Å². The van der Waals surface area contributed by atoms with Crippen molar-refractivity contribution >= 4 is 0 Å². The van der Waals surface area contributed by atoms with Gasteiger partial charge >= 0.3 is 0 Å². The van der Waals surface area contributed by atoms with Crippen molar-refractivity contribution in [2.75, 3.05) is 41.3 Å². The summed E-state index contributed by atoms with van der Waals surface area (Å²) in [6.07, 6.45) is -1.04. The first-order valence-electron chi connectivity index (χ1n) is 8.69. The van der Waals surface area contributed by atoms with Gasteiger partial charge in [0.1, 0.15) is 6.10 Å². The fraction of sp³-hybridized carbons (Fsp3) is 0.400. The van der Waals surface area contributed by atoms with Gasteiger partial charge in [0, 0.05) is 13.1 Å².